The second-order valence-electron chi connectivity index (χ2n) is 7.75. The van der Waals surface area contributed by atoms with Gasteiger partial charge < -0.3 is 14.5 Å². The van der Waals surface area contributed by atoms with Crippen LogP contribution in [0.25, 0.3) is 0 Å². The standard InChI is InChI=1S/C23H27FN2O2/c24-20-6-3-5-18(15-20)17-28-22-10-8-19(9-11-22)23(27)26-14-4-7-21(26)16-25-12-1-2-13-25/h3,5-6,8-11,15,21H,1-2,4,7,12-14,16-17H2/t21-/m0/s1. The second-order valence-corrected chi connectivity index (χ2v) is 7.75. The minimum Gasteiger partial charge on any atom is -0.489 e. The molecule has 0 aromatic heterocycles. The van der Waals surface area contributed by atoms with E-state index >= 15 is 0 Å². The molecule has 2 aromatic carbocycles. The predicted molar refractivity (Wildman–Crippen MR) is 107 cm³/mol. The number of carbonyl (C=O) groups excluding carboxylic acids is 1. The minimum absolute atomic E-state index is 0.110. The van der Waals surface area contributed by atoms with Gasteiger partial charge >= 0.3 is 0 Å². The third-order valence-corrected chi connectivity index (χ3v) is 5.70. The Balaban J connectivity index is 1.35. The van der Waals surface area contributed by atoms with Crippen LogP contribution in [0, 0.1) is 5.82 Å². The van der Waals surface area contributed by atoms with E-state index in [0.717, 1.165) is 44.6 Å². The molecule has 0 aliphatic carbocycles. The highest BCUT2D eigenvalue weighted by atomic mass is 19.1. The second kappa shape index (κ2) is 8.74. The van der Waals surface area contributed by atoms with Crippen LogP contribution in [0.4, 0.5) is 4.39 Å². The van der Waals surface area contributed by atoms with Gasteiger partial charge in [0.1, 0.15) is 18.2 Å². The van der Waals surface area contributed by atoms with Crippen LogP contribution in [0.3, 0.4) is 0 Å². The Hall–Kier alpha value is -2.40. The normalized spacial score (nSPS) is 19.9. The van der Waals surface area contributed by atoms with E-state index in [4.69, 9.17) is 4.74 Å². The zero-order valence-corrected chi connectivity index (χ0v) is 16.1. The fourth-order valence-corrected chi connectivity index (χ4v) is 4.21. The van der Waals surface area contributed by atoms with Crippen molar-refractivity contribution in [3.05, 3.63) is 65.5 Å². The smallest absolute Gasteiger partial charge is 0.254 e. The Morgan fingerprint density at radius 1 is 1.04 bits per heavy atom. The van der Waals surface area contributed by atoms with Gasteiger partial charge in [0.25, 0.3) is 5.91 Å². The lowest BCUT2D eigenvalue weighted by atomic mass is 10.1. The van der Waals surface area contributed by atoms with E-state index in [-0.39, 0.29) is 11.7 Å². The van der Waals surface area contributed by atoms with Crippen molar-refractivity contribution in [3.8, 4) is 5.75 Å². The van der Waals surface area contributed by atoms with Gasteiger partial charge in [-0.05, 0) is 80.7 Å². The van der Waals surface area contributed by atoms with Gasteiger partial charge in [-0.3, -0.25) is 4.79 Å². The van der Waals surface area contributed by atoms with Crippen LogP contribution >= 0.6 is 0 Å². The van der Waals surface area contributed by atoms with E-state index in [2.05, 4.69) is 4.90 Å². The van der Waals surface area contributed by atoms with Crippen molar-refractivity contribution >= 4 is 5.91 Å². The van der Waals surface area contributed by atoms with Gasteiger partial charge in [-0.1, -0.05) is 12.1 Å². The SMILES string of the molecule is O=C(c1ccc(OCc2cccc(F)c2)cc1)N1CCC[C@H]1CN1CCCC1. The summed E-state index contributed by atoms with van der Waals surface area (Å²) in [5.74, 6) is 0.519. The first-order valence-electron chi connectivity index (χ1n) is 10.2. The maximum absolute atomic E-state index is 13.2. The number of ether oxygens (including phenoxy) is 1. The molecule has 2 saturated heterocycles. The summed E-state index contributed by atoms with van der Waals surface area (Å²) in [6, 6.07) is 14.0. The molecule has 1 atom stereocenters. The van der Waals surface area contributed by atoms with E-state index in [0.29, 0.717) is 24.0 Å². The quantitative estimate of drug-likeness (QED) is 0.754. The molecule has 2 fully saturated rings. The molecule has 0 bridgehead atoms. The van der Waals surface area contributed by atoms with Crippen molar-refractivity contribution in [1.82, 2.24) is 9.80 Å². The van der Waals surface area contributed by atoms with Crippen molar-refractivity contribution < 1.29 is 13.9 Å². The van der Waals surface area contributed by atoms with Crippen LogP contribution in [-0.4, -0.2) is 47.9 Å². The van der Waals surface area contributed by atoms with Crippen molar-refractivity contribution in [2.75, 3.05) is 26.2 Å². The molecular weight excluding hydrogens is 355 g/mol. The topological polar surface area (TPSA) is 32.8 Å². The number of hydrogen-bond acceptors (Lipinski definition) is 3. The molecule has 1 amide bonds. The zero-order chi connectivity index (χ0) is 19.3. The molecule has 4 rings (SSSR count). The molecule has 0 N–H and O–H groups in total. The first-order valence-corrected chi connectivity index (χ1v) is 10.2. The van der Waals surface area contributed by atoms with Gasteiger partial charge in [-0.15, -0.1) is 0 Å². The number of rotatable bonds is 6. The highest BCUT2D eigenvalue weighted by molar-refractivity contribution is 5.94. The molecule has 0 saturated carbocycles. The van der Waals surface area contributed by atoms with E-state index in [1.54, 1.807) is 6.07 Å². The molecule has 2 aromatic rings. The molecule has 0 spiro atoms. The Bertz CT molecular complexity index is 803. The molecular formula is C23H27FN2O2. The molecule has 4 nitrogen and oxygen atoms in total. The number of benzene rings is 2. The first kappa shape index (κ1) is 18.9. The molecule has 5 heteroatoms. The summed E-state index contributed by atoms with van der Waals surface area (Å²) in [6.07, 6.45) is 4.73. The molecule has 28 heavy (non-hydrogen) atoms. The summed E-state index contributed by atoms with van der Waals surface area (Å²) in [5, 5.41) is 0. The summed E-state index contributed by atoms with van der Waals surface area (Å²) < 4.78 is 19.0. The molecule has 2 heterocycles. The van der Waals surface area contributed by atoms with Crippen LogP contribution in [0.15, 0.2) is 48.5 Å². The largest absolute Gasteiger partial charge is 0.489 e. The summed E-state index contributed by atoms with van der Waals surface area (Å²) in [4.78, 5) is 17.5. The lowest BCUT2D eigenvalue weighted by Crippen LogP contribution is -2.42. The van der Waals surface area contributed by atoms with E-state index in [1.165, 1.54) is 25.0 Å². The van der Waals surface area contributed by atoms with Gasteiger partial charge in [0.2, 0.25) is 0 Å². The van der Waals surface area contributed by atoms with Crippen LogP contribution in [-0.2, 0) is 6.61 Å². The highest BCUT2D eigenvalue weighted by Crippen LogP contribution is 2.23. The zero-order valence-electron chi connectivity index (χ0n) is 16.1. The third-order valence-electron chi connectivity index (χ3n) is 5.70. The van der Waals surface area contributed by atoms with Crippen molar-refractivity contribution in [3.63, 3.8) is 0 Å². The van der Waals surface area contributed by atoms with Crippen molar-refractivity contribution in [2.24, 2.45) is 0 Å². The Kier molecular flexibility index (Phi) is 5.91. The van der Waals surface area contributed by atoms with E-state index in [1.807, 2.05) is 35.2 Å². The summed E-state index contributed by atoms with van der Waals surface area (Å²) >= 11 is 0. The van der Waals surface area contributed by atoms with Gasteiger partial charge in [0, 0.05) is 24.7 Å². The van der Waals surface area contributed by atoms with Gasteiger partial charge in [-0.2, -0.15) is 0 Å². The van der Waals surface area contributed by atoms with Crippen molar-refractivity contribution in [1.29, 1.82) is 0 Å². The van der Waals surface area contributed by atoms with E-state index in [9.17, 15) is 9.18 Å². The van der Waals surface area contributed by atoms with Crippen LogP contribution in [0.1, 0.15) is 41.6 Å². The number of halogens is 1. The fourth-order valence-electron chi connectivity index (χ4n) is 4.21. The van der Waals surface area contributed by atoms with Crippen molar-refractivity contribution in [2.45, 2.75) is 38.3 Å². The first-order chi connectivity index (χ1) is 13.7. The Morgan fingerprint density at radius 2 is 1.82 bits per heavy atom. The summed E-state index contributed by atoms with van der Waals surface area (Å²) in [6.45, 7) is 4.47. The summed E-state index contributed by atoms with van der Waals surface area (Å²) in [5.41, 5.74) is 1.48. The summed E-state index contributed by atoms with van der Waals surface area (Å²) in [7, 11) is 0. The average molecular weight is 382 g/mol. The van der Waals surface area contributed by atoms with E-state index < -0.39 is 0 Å². The number of carbonyl (C=O) groups is 1. The molecule has 148 valence electrons. The molecule has 2 aliphatic heterocycles. The molecule has 0 radical (unpaired) electrons. The monoisotopic (exact) mass is 382 g/mol. The number of likely N-dealkylation sites (tertiary alicyclic amines) is 2. The van der Waals surface area contributed by atoms with Crippen LogP contribution in [0.2, 0.25) is 0 Å². The lowest BCUT2D eigenvalue weighted by molar-refractivity contribution is 0.0708. The van der Waals surface area contributed by atoms with Crippen LogP contribution in [0.5, 0.6) is 5.75 Å². The van der Waals surface area contributed by atoms with Crippen LogP contribution < -0.4 is 4.74 Å². The third kappa shape index (κ3) is 4.53. The van der Waals surface area contributed by atoms with Gasteiger partial charge in [0.05, 0.1) is 0 Å². The average Bonchev–Trinajstić information content (AvgIpc) is 3.39. The number of hydrogen-bond donors (Lipinski definition) is 0. The maximum Gasteiger partial charge on any atom is 0.254 e. The maximum atomic E-state index is 13.2. The number of nitrogens with zero attached hydrogens (tertiary/aromatic N) is 2. The fraction of sp³-hybridized carbons (Fsp3) is 0.435. The minimum atomic E-state index is -0.267. The number of amides is 1. The molecule has 2 aliphatic rings. The Labute approximate surface area is 165 Å². The molecule has 0 unspecified atom stereocenters. The van der Waals surface area contributed by atoms with Gasteiger partial charge in [0.15, 0.2) is 0 Å². The predicted octanol–water partition coefficient (Wildman–Crippen LogP) is 4.11. The highest BCUT2D eigenvalue weighted by Gasteiger charge is 2.31. The Morgan fingerprint density at radius 3 is 2.57 bits per heavy atom. The lowest BCUT2D eigenvalue weighted by Gasteiger charge is -2.28. The van der Waals surface area contributed by atoms with Gasteiger partial charge in [-0.25, -0.2) is 4.39 Å².